The van der Waals surface area contributed by atoms with Crippen molar-refractivity contribution in [1.29, 1.82) is 0 Å². The highest BCUT2D eigenvalue weighted by Crippen LogP contribution is 2.30. The number of aromatic nitrogens is 1. The van der Waals surface area contributed by atoms with Crippen LogP contribution in [-0.2, 0) is 5.75 Å². The molecule has 0 saturated carbocycles. The average molecular weight is 295 g/mol. The van der Waals surface area contributed by atoms with Gasteiger partial charge in [-0.25, -0.2) is 0 Å². The van der Waals surface area contributed by atoms with Crippen molar-refractivity contribution in [3.8, 4) is 0 Å². The summed E-state index contributed by atoms with van der Waals surface area (Å²) < 4.78 is 1.05. The van der Waals surface area contributed by atoms with Crippen molar-refractivity contribution in [2.24, 2.45) is 0 Å². The van der Waals surface area contributed by atoms with Gasteiger partial charge in [-0.3, -0.25) is 4.98 Å². The molecular formula is C12H11BrN2S. The van der Waals surface area contributed by atoms with Crippen molar-refractivity contribution in [2.45, 2.75) is 10.6 Å². The first kappa shape index (κ1) is 11.5. The lowest BCUT2D eigenvalue weighted by Gasteiger charge is -2.05. The van der Waals surface area contributed by atoms with Gasteiger partial charge in [0.15, 0.2) is 0 Å². The maximum absolute atomic E-state index is 5.90. The monoisotopic (exact) mass is 294 g/mol. The Morgan fingerprint density at radius 1 is 1.31 bits per heavy atom. The molecule has 0 unspecified atom stereocenters. The van der Waals surface area contributed by atoms with Crippen LogP contribution in [0.25, 0.3) is 0 Å². The Hall–Kier alpha value is -1.00. The number of rotatable bonds is 3. The van der Waals surface area contributed by atoms with Gasteiger partial charge in [-0.1, -0.05) is 22.0 Å². The standard InChI is InChI=1S/C12H11BrN2S/c13-10-3-4-11(14)12(6-10)16-8-9-2-1-5-15-7-9/h1-7H,8,14H2. The summed E-state index contributed by atoms with van der Waals surface area (Å²) in [7, 11) is 0. The van der Waals surface area contributed by atoms with Gasteiger partial charge in [0.1, 0.15) is 0 Å². The van der Waals surface area contributed by atoms with Crippen LogP contribution in [0.3, 0.4) is 0 Å². The number of hydrogen-bond donors (Lipinski definition) is 1. The molecule has 2 N–H and O–H groups in total. The lowest BCUT2D eigenvalue weighted by Crippen LogP contribution is -1.89. The lowest BCUT2D eigenvalue weighted by atomic mass is 10.3. The van der Waals surface area contributed by atoms with Gasteiger partial charge in [0.2, 0.25) is 0 Å². The van der Waals surface area contributed by atoms with E-state index in [9.17, 15) is 0 Å². The third-order valence-corrected chi connectivity index (χ3v) is 3.73. The van der Waals surface area contributed by atoms with Gasteiger partial charge in [0.05, 0.1) is 0 Å². The number of benzene rings is 1. The molecule has 2 nitrogen and oxygen atoms in total. The summed E-state index contributed by atoms with van der Waals surface area (Å²) in [5.41, 5.74) is 7.91. The van der Waals surface area contributed by atoms with E-state index in [1.807, 2.05) is 30.5 Å². The van der Waals surface area contributed by atoms with E-state index in [4.69, 9.17) is 5.73 Å². The van der Waals surface area contributed by atoms with Crippen LogP contribution in [0.1, 0.15) is 5.56 Å². The molecule has 2 aromatic rings. The van der Waals surface area contributed by atoms with E-state index in [0.717, 1.165) is 20.8 Å². The Labute approximate surface area is 107 Å². The molecule has 4 heteroatoms. The molecule has 16 heavy (non-hydrogen) atoms. The van der Waals surface area contributed by atoms with Crippen LogP contribution in [0.2, 0.25) is 0 Å². The normalized spacial score (nSPS) is 10.3. The zero-order valence-electron chi connectivity index (χ0n) is 8.56. The van der Waals surface area contributed by atoms with Crippen LogP contribution in [0, 0.1) is 0 Å². The fourth-order valence-electron chi connectivity index (χ4n) is 1.28. The van der Waals surface area contributed by atoms with Crippen molar-refractivity contribution < 1.29 is 0 Å². The minimum absolute atomic E-state index is 0.817. The molecule has 1 heterocycles. The van der Waals surface area contributed by atoms with E-state index >= 15 is 0 Å². The van der Waals surface area contributed by atoms with Crippen LogP contribution in [0.15, 0.2) is 52.1 Å². The lowest BCUT2D eigenvalue weighted by molar-refractivity contribution is 1.25. The zero-order chi connectivity index (χ0) is 11.4. The van der Waals surface area contributed by atoms with Crippen molar-refractivity contribution in [3.63, 3.8) is 0 Å². The summed E-state index contributed by atoms with van der Waals surface area (Å²) in [6, 6.07) is 9.91. The molecule has 0 saturated heterocycles. The summed E-state index contributed by atoms with van der Waals surface area (Å²) in [5, 5.41) is 0. The maximum atomic E-state index is 5.90. The van der Waals surface area contributed by atoms with Crippen molar-refractivity contribution >= 4 is 33.4 Å². The number of halogens is 1. The smallest absolute Gasteiger partial charge is 0.0453 e. The van der Waals surface area contributed by atoms with Gasteiger partial charge in [0, 0.05) is 33.2 Å². The van der Waals surface area contributed by atoms with Gasteiger partial charge < -0.3 is 5.73 Å². The molecule has 82 valence electrons. The fourth-order valence-corrected chi connectivity index (χ4v) is 2.73. The highest BCUT2D eigenvalue weighted by atomic mass is 79.9. The molecule has 0 spiro atoms. The Kier molecular flexibility index (Phi) is 3.85. The highest BCUT2D eigenvalue weighted by Gasteiger charge is 2.01. The molecule has 0 bridgehead atoms. The molecule has 0 aliphatic rings. The largest absolute Gasteiger partial charge is 0.398 e. The number of nitrogen functional groups attached to an aromatic ring is 1. The van der Waals surface area contributed by atoms with Crippen molar-refractivity contribution in [2.75, 3.05) is 5.73 Å². The summed E-state index contributed by atoms with van der Waals surface area (Å²) in [6.45, 7) is 0. The number of nitrogens with two attached hydrogens (primary N) is 1. The Morgan fingerprint density at radius 2 is 2.19 bits per heavy atom. The fraction of sp³-hybridized carbons (Fsp3) is 0.0833. The molecular weight excluding hydrogens is 284 g/mol. The quantitative estimate of drug-likeness (QED) is 0.693. The maximum Gasteiger partial charge on any atom is 0.0453 e. The zero-order valence-corrected chi connectivity index (χ0v) is 11.0. The Bertz CT molecular complexity index is 474. The summed E-state index contributed by atoms with van der Waals surface area (Å²) in [5.74, 6) is 0.883. The second-order valence-electron chi connectivity index (χ2n) is 3.33. The minimum atomic E-state index is 0.817. The SMILES string of the molecule is Nc1ccc(Br)cc1SCc1cccnc1. The predicted octanol–water partition coefficient (Wildman–Crippen LogP) is 3.72. The van der Waals surface area contributed by atoms with E-state index < -0.39 is 0 Å². The van der Waals surface area contributed by atoms with Gasteiger partial charge in [-0.2, -0.15) is 0 Å². The van der Waals surface area contributed by atoms with Gasteiger partial charge in [-0.05, 0) is 29.8 Å². The number of pyridine rings is 1. The summed E-state index contributed by atoms with van der Waals surface area (Å²) in [4.78, 5) is 5.18. The van der Waals surface area contributed by atoms with Gasteiger partial charge >= 0.3 is 0 Å². The van der Waals surface area contributed by atoms with Crippen LogP contribution >= 0.6 is 27.7 Å². The first-order valence-electron chi connectivity index (χ1n) is 4.82. The molecule has 0 aliphatic carbocycles. The van der Waals surface area contributed by atoms with E-state index in [1.54, 1.807) is 18.0 Å². The second-order valence-corrected chi connectivity index (χ2v) is 5.26. The molecule has 0 aliphatic heterocycles. The van der Waals surface area contributed by atoms with E-state index in [2.05, 4.69) is 27.0 Å². The Balaban J connectivity index is 2.08. The van der Waals surface area contributed by atoms with E-state index in [1.165, 1.54) is 5.56 Å². The molecule has 1 aromatic carbocycles. The third-order valence-electron chi connectivity index (χ3n) is 2.09. The summed E-state index contributed by atoms with van der Waals surface area (Å²) >= 11 is 5.16. The van der Waals surface area contributed by atoms with Crippen LogP contribution in [0.4, 0.5) is 5.69 Å². The third kappa shape index (κ3) is 3.00. The number of hydrogen-bond acceptors (Lipinski definition) is 3. The minimum Gasteiger partial charge on any atom is -0.398 e. The molecule has 0 fully saturated rings. The van der Waals surface area contributed by atoms with E-state index in [0.29, 0.717) is 0 Å². The highest BCUT2D eigenvalue weighted by molar-refractivity contribution is 9.10. The predicted molar refractivity (Wildman–Crippen MR) is 72.4 cm³/mol. The molecule has 1 aromatic heterocycles. The number of nitrogens with zero attached hydrogens (tertiary/aromatic N) is 1. The first-order chi connectivity index (χ1) is 7.75. The van der Waals surface area contributed by atoms with Gasteiger partial charge in [0.25, 0.3) is 0 Å². The topological polar surface area (TPSA) is 38.9 Å². The molecule has 0 atom stereocenters. The first-order valence-corrected chi connectivity index (χ1v) is 6.60. The second kappa shape index (κ2) is 5.37. The van der Waals surface area contributed by atoms with Gasteiger partial charge in [-0.15, -0.1) is 11.8 Å². The van der Waals surface area contributed by atoms with E-state index in [-0.39, 0.29) is 0 Å². The van der Waals surface area contributed by atoms with Crippen LogP contribution < -0.4 is 5.73 Å². The van der Waals surface area contributed by atoms with Crippen molar-refractivity contribution in [1.82, 2.24) is 4.98 Å². The van der Waals surface area contributed by atoms with Crippen molar-refractivity contribution in [3.05, 3.63) is 52.8 Å². The van der Waals surface area contributed by atoms with Crippen LogP contribution in [-0.4, -0.2) is 4.98 Å². The average Bonchev–Trinajstić information content (AvgIpc) is 2.32. The summed E-state index contributed by atoms with van der Waals surface area (Å²) in [6.07, 6.45) is 3.66. The Morgan fingerprint density at radius 3 is 2.94 bits per heavy atom. The van der Waals surface area contributed by atoms with Crippen LogP contribution in [0.5, 0.6) is 0 Å². The molecule has 0 radical (unpaired) electrons. The number of anilines is 1. The molecule has 0 amide bonds. The molecule has 2 rings (SSSR count). The number of thioether (sulfide) groups is 1.